The molecule has 0 unspecified atom stereocenters. The summed E-state index contributed by atoms with van der Waals surface area (Å²) in [5.41, 5.74) is 12.9. The molecule has 3 rings (SSSR count). The van der Waals surface area contributed by atoms with Gasteiger partial charge in [0.15, 0.2) is 0 Å². The first-order valence-electron chi connectivity index (χ1n) is 10.7. The zero-order valence-electron chi connectivity index (χ0n) is 20.5. The van der Waals surface area contributed by atoms with E-state index in [1.165, 1.54) is 12.3 Å². The zero-order chi connectivity index (χ0) is 26.5. The normalized spacial score (nSPS) is 11.1. The Morgan fingerprint density at radius 3 is 2.44 bits per heavy atom. The lowest BCUT2D eigenvalue weighted by Gasteiger charge is -2.10. The Labute approximate surface area is 210 Å². The molecule has 0 atom stereocenters. The van der Waals surface area contributed by atoms with Gasteiger partial charge in [0.25, 0.3) is 5.91 Å². The number of carbonyl (C=O) groups is 1. The van der Waals surface area contributed by atoms with Crippen molar-refractivity contribution in [1.82, 2.24) is 4.98 Å². The number of primary amides is 1. The van der Waals surface area contributed by atoms with Crippen molar-refractivity contribution in [2.75, 3.05) is 19.5 Å². The van der Waals surface area contributed by atoms with Gasteiger partial charge >= 0.3 is 0 Å². The number of guanidine groups is 1. The van der Waals surface area contributed by atoms with Gasteiger partial charge in [0.2, 0.25) is 5.96 Å². The van der Waals surface area contributed by atoms with Gasteiger partial charge in [0.05, 0.1) is 20.8 Å². The maximum absolute atomic E-state index is 11.3. The van der Waals surface area contributed by atoms with Gasteiger partial charge in [-0.1, -0.05) is 6.07 Å². The van der Waals surface area contributed by atoms with Crippen LogP contribution in [0, 0.1) is 0 Å². The van der Waals surface area contributed by atoms with E-state index < -0.39 is 5.91 Å². The molecule has 36 heavy (non-hydrogen) atoms. The van der Waals surface area contributed by atoms with Crippen LogP contribution in [0.25, 0.3) is 0 Å². The highest BCUT2D eigenvalue weighted by atomic mass is 16.5. The largest absolute Gasteiger partial charge is 0.497 e. The van der Waals surface area contributed by atoms with E-state index >= 15 is 0 Å². The number of methoxy groups -OCH3 is 2. The summed E-state index contributed by atoms with van der Waals surface area (Å²) in [5.74, 6) is 2.39. The topological polar surface area (TPSA) is 146 Å². The second-order valence-corrected chi connectivity index (χ2v) is 7.05. The maximum Gasteiger partial charge on any atom is 0.267 e. The number of ether oxygens (including phenoxy) is 3. The van der Waals surface area contributed by atoms with E-state index in [-0.39, 0.29) is 18.2 Å². The van der Waals surface area contributed by atoms with Crippen molar-refractivity contribution in [2.45, 2.75) is 13.5 Å². The fourth-order valence-electron chi connectivity index (χ4n) is 3.00. The quantitative estimate of drug-likeness (QED) is 0.244. The number of nitrogens with one attached hydrogen (secondary N) is 1. The molecule has 1 amide bonds. The van der Waals surface area contributed by atoms with Crippen LogP contribution in [0.1, 0.15) is 23.0 Å². The summed E-state index contributed by atoms with van der Waals surface area (Å²) in [5, 5.41) is 3.15. The number of nitrogens with zero attached hydrogens (tertiary/aromatic N) is 3. The molecular weight excluding hydrogens is 460 g/mol. The predicted octanol–water partition coefficient (Wildman–Crippen LogP) is 4.14. The number of carbonyl (C=O) groups excluding carboxylic acids is 1. The molecule has 0 spiro atoms. The molecule has 5 N–H and O–H groups in total. The number of nitrogens with two attached hydrogens (primary N) is 2. The van der Waals surface area contributed by atoms with Crippen molar-refractivity contribution in [1.29, 1.82) is 0 Å². The van der Waals surface area contributed by atoms with Gasteiger partial charge in [-0.25, -0.2) is 9.98 Å². The van der Waals surface area contributed by atoms with Crippen LogP contribution in [0.4, 0.5) is 5.69 Å². The van der Waals surface area contributed by atoms with Crippen molar-refractivity contribution in [2.24, 2.45) is 21.5 Å². The van der Waals surface area contributed by atoms with Gasteiger partial charge in [0.1, 0.15) is 34.5 Å². The van der Waals surface area contributed by atoms with Crippen LogP contribution in [0.2, 0.25) is 0 Å². The average Bonchev–Trinajstić information content (AvgIpc) is 2.88. The highest BCUT2D eigenvalue weighted by Crippen LogP contribution is 2.25. The number of amidine groups is 1. The molecule has 1 aromatic heterocycles. The molecule has 0 radical (unpaired) electrons. The van der Waals surface area contributed by atoms with Crippen LogP contribution in [-0.4, -0.2) is 36.9 Å². The minimum atomic E-state index is -0.628. The van der Waals surface area contributed by atoms with Crippen molar-refractivity contribution >= 4 is 23.4 Å². The number of amides is 1. The summed E-state index contributed by atoms with van der Waals surface area (Å²) >= 11 is 0. The summed E-state index contributed by atoms with van der Waals surface area (Å²) in [4.78, 5) is 23.8. The highest BCUT2D eigenvalue weighted by Gasteiger charge is 2.07. The fourth-order valence-corrected chi connectivity index (χ4v) is 3.00. The lowest BCUT2D eigenvalue weighted by atomic mass is 10.2. The van der Waals surface area contributed by atoms with Crippen molar-refractivity contribution < 1.29 is 19.0 Å². The second kappa shape index (κ2) is 13.8. The first-order chi connectivity index (χ1) is 17.4. The van der Waals surface area contributed by atoms with E-state index in [9.17, 15) is 4.79 Å². The molecule has 0 aliphatic carbocycles. The number of pyridine rings is 1. The van der Waals surface area contributed by atoms with Gasteiger partial charge in [-0.2, -0.15) is 0 Å². The molecule has 2 aromatic carbocycles. The van der Waals surface area contributed by atoms with Gasteiger partial charge in [-0.3, -0.25) is 9.78 Å². The van der Waals surface area contributed by atoms with Crippen LogP contribution in [-0.2, 0) is 6.54 Å². The first-order valence-corrected chi connectivity index (χ1v) is 10.7. The number of rotatable bonds is 8. The lowest BCUT2D eigenvalue weighted by molar-refractivity contribution is 0.0995. The maximum atomic E-state index is 11.3. The number of anilines is 1. The lowest BCUT2D eigenvalue weighted by Crippen LogP contribution is -2.16. The molecular formula is C26H30N6O4. The number of benzene rings is 2. The second-order valence-electron chi connectivity index (χ2n) is 7.05. The van der Waals surface area contributed by atoms with Gasteiger partial charge in [-0.05, 0) is 43.3 Å². The average molecular weight is 491 g/mol. The Balaban J connectivity index is 0.00000222. The van der Waals surface area contributed by atoms with Crippen LogP contribution < -0.4 is 31.0 Å². The summed E-state index contributed by atoms with van der Waals surface area (Å²) < 4.78 is 16.4. The molecule has 0 aliphatic heterocycles. The van der Waals surface area contributed by atoms with Crippen LogP contribution in [0.15, 0.2) is 83.9 Å². The summed E-state index contributed by atoms with van der Waals surface area (Å²) in [6, 6.07) is 15.8. The van der Waals surface area contributed by atoms with E-state index in [1.807, 2.05) is 30.3 Å². The smallest absolute Gasteiger partial charge is 0.267 e. The third-order valence-corrected chi connectivity index (χ3v) is 4.56. The number of hydrogen-bond acceptors (Lipinski definition) is 6. The summed E-state index contributed by atoms with van der Waals surface area (Å²) in [7, 11) is 3.19. The first kappa shape index (κ1) is 27.4. The summed E-state index contributed by atoms with van der Waals surface area (Å²) in [6.45, 7) is 8.05. The van der Waals surface area contributed by atoms with Gasteiger partial charge < -0.3 is 31.0 Å². The predicted molar refractivity (Wildman–Crippen MR) is 142 cm³/mol. The molecule has 10 nitrogen and oxygen atoms in total. The summed E-state index contributed by atoms with van der Waals surface area (Å²) in [6.07, 6.45) is 1.46. The Morgan fingerprint density at radius 1 is 1.00 bits per heavy atom. The highest BCUT2D eigenvalue weighted by molar-refractivity contribution is 6.01. The molecule has 10 heteroatoms. The molecule has 3 aromatic rings. The molecule has 188 valence electrons. The van der Waals surface area contributed by atoms with E-state index in [0.29, 0.717) is 28.8 Å². The number of hydrogen-bond donors (Lipinski definition) is 3. The molecule has 0 saturated heterocycles. The van der Waals surface area contributed by atoms with Crippen molar-refractivity contribution in [3.8, 4) is 23.0 Å². The third kappa shape index (κ3) is 8.17. The monoisotopic (exact) mass is 490 g/mol. The van der Waals surface area contributed by atoms with Gasteiger partial charge in [0, 0.05) is 29.6 Å². The molecule has 1 heterocycles. The van der Waals surface area contributed by atoms with Crippen LogP contribution in [0.3, 0.4) is 0 Å². The fraction of sp³-hybridized carbons (Fsp3) is 0.154. The minimum absolute atomic E-state index is 0.109. The van der Waals surface area contributed by atoms with E-state index in [0.717, 1.165) is 11.3 Å². The zero-order valence-corrected chi connectivity index (χ0v) is 20.5. The van der Waals surface area contributed by atoms with Gasteiger partial charge in [-0.15, -0.1) is 13.2 Å². The Bertz CT molecular complexity index is 1240. The van der Waals surface area contributed by atoms with Crippen LogP contribution >= 0.6 is 0 Å². The molecule has 0 fully saturated rings. The van der Waals surface area contributed by atoms with E-state index in [1.54, 1.807) is 39.3 Å². The Morgan fingerprint density at radius 2 is 1.75 bits per heavy atom. The third-order valence-electron chi connectivity index (χ3n) is 4.56. The standard InChI is InChI=1S/C24H26N6O4.C2H4/c1-15(30-24(26)28-14-16-11-18(32-2)7-8-22(16)33-3)29-17-5-4-6-19(12-17)34-20-9-10-27-21(13-20)23(25)31;1-2/h4-13H,14H2,1-3H3,(H2,25,31)(H3,26,28,29,30);1-2H2. The van der Waals surface area contributed by atoms with E-state index in [2.05, 4.69) is 33.4 Å². The Hall–Kier alpha value is -4.86. The SMILES string of the molecule is C=C.COc1ccc(OC)c(CN=C(N)/N=C(\C)Nc2cccc(Oc3ccnc(C(N)=O)c3)c2)c1. The van der Waals surface area contributed by atoms with Crippen molar-refractivity contribution in [3.63, 3.8) is 0 Å². The molecule has 0 aliphatic rings. The minimum Gasteiger partial charge on any atom is -0.497 e. The Kier molecular flexibility index (Phi) is 10.5. The number of aliphatic imine (C=N–C) groups is 2. The number of aromatic nitrogens is 1. The van der Waals surface area contributed by atoms with Crippen molar-refractivity contribution in [3.05, 3.63) is 85.2 Å². The molecule has 0 saturated carbocycles. The van der Waals surface area contributed by atoms with Crippen LogP contribution in [0.5, 0.6) is 23.0 Å². The van der Waals surface area contributed by atoms with E-state index in [4.69, 9.17) is 25.7 Å². The molecule has 0 bridgehead atoms.